The first-order valence-electron chi connectivity index (χ1n) is 6.17. The first kappa shape index (κ1) is 11.8. The first-order chi connectivity index (χ1) is 9.16. The number of amides is 1. The Kier molecular flexibility index (Phi) is 2.78. The van der Waals surface area contributed by atoms with E-state index in [1.807, 2.05) is 18.2 Å². The third-order valence-electron chi connectivity index (χ3n) is 3.47. The molecule has 96 valence electrons. The van der Waals surface area contributed by atoms with Crippen molar-refractivity contribution in [1.82, 2.24) is 4.98 Å². The van der Waals surface area contributed by atoms with Crippen molar-refractivity contribution in [2.75, 3.05) is 0 Å². The summed E-state index contributed by atoms with van der Waals surface area (Å²) < 4.78 is 13.6. The van der Waals surface area contributed by atoms with Gasteiger partial charge in [-0.1, -0.05) is 18.2 Å². The number of alkyl halides is 1. The molecule has 0 fully saturated rings. The fraction of sp³-hybridized carbons (Fsp3) is 0.200. The molecule has 0 saturated heterocycles. The maximum atomic E-state index is 13.6. The highest BCUT2D eigenvalue weighted by Crippen LogP contribution is 2.33. The van der Waals surface area contributed by atoms with Crippen LogP contribution >= 0.6 is 0 Å². The van der Waals surface area contributed by atoms with Gasteiger partial charge in [-0.15, -0.1) is 0 Å². The molecule has 1 aliphatic carbocycles. The van der Waals surface area contributed by atoms with Crippen molar-refractivity contribution < 1.29 is 9.18 Å². The number of halogens is 1. The van der Waals surface area contributed by atoms with Crippen LogP contribution in [0.3, 0.4) is 0 Å². The van der Waals surface area contributed by atoms with Gasteiger partial charge < -0.3 is 5.73 Å². The normalized spacial score (nSPS) is 17.2. The van der Waals surface area contributed by atoms with Crippen molar-refractivity contribution in [3.63, 3.8) is 0 Å². The number of hydrogen-bond donors (Lipinski definition) is 1. The number of pyridine rings is 1. The van der Waals surface area contributed by atoms with Crippen LogP contribution in [0.1, 0.15) is 21.5 Å². The van der Waals surface area contributed by atoms with Gasteiger partial charge in [0, 0.05) is 24.6 Å². The second-order valence-electron chi connectivity index (χ2n) is 4.71. The Morgan fingerprint density at radius 1 is 1.26 bits per heavy atom. The lowest BCUT2D eigenvalue weighted by atomic mass is 9.97. The van der Waals surface area contributed by atoms with E-state index in [0.717, 1.165) is 16.7 Å². The minimum atomic E-state index is -0.850. The summed E-state index contributed by atoms with van der Waals surface area (Å²) in [6.07, 6.45) is 1.57. The first-order valence-corrected chi connectivity index (χ1v) is 6.17. The van der Waals surface area contributed by atoms with E-state index in [1.54, 1.807) is 18.3 Å². The Morgan fingerprint density at radius 3 is 2.89 bits per heavy atom. The quantitative estimate of drug-likeness (QED) is 0.896. The summed E-state index contributed by atoms with van der Waals surface area (Å²) >= 11 is 0. The third kappa shape index (κ3) is 1.99. The molecule has 2 aromatic rings. The molecule has 2 N–H and O–H groups in total. The van der Waals surface area contributed by atoms with Gasteiger partial charge in [-0.2, -0.15) is 0 Å². The summed E-state index contributed by atoms with van der Waals surface area (Å²) in [7, 11) is 0. The molecular formula is C15H13FN2O. The Morgan fingerprint density at radius 2 is 2.11 bits per heavy atom. The largest absolute Gasteiger partial charge is 0.366 e. The number of nitrogens with zero attached hydrogens (tertiary/aromatic N) is 1. The number of carbonyl (C=O) groups excluding carboxylic acids is 1. The second-order valence-corrected chi connectivity index (χ2v) is 4.71. The van der Waals surface area contributed by atoms with Crippen LogP contribution in [0.4, 0.5) is 4.39 Å². The van der Waals surface area contributed by atoms with E-state index in [-0.39, 0.29) is 0 Å². The minimum absolute atomic E-state index is 0.373. The molecule has 1 heterocycles. The van der Waals surface area contributed by atoms with E-state index < -0.39 is 12.1 Å². The zero-order chi connectivity index (χ0) is 13.4. The zero-order valence-electron chi connectivity index (χ0n) is 10.3. The lowest BCUT2D eigenvalue weighted by Crippen LogP contribution is -2.13. The molecule has 4 heteroatoms. The second kappa shape index (κ2) is 4.46. The van der Waals surface area contributed by atoms with Crippen molar-refractivity contribution in [2.45, 2.75) is 19.0 Å². The molecule has 1 aromatic heterocycles. The maximum Gasteiger partial charge on any atom is 0.250 e. The molecular weight excluding hydrogens is 243 g/mol. The number of nitrogens with two attached hydrogens (primary N) is 1. The smallest absolute Gasteiger partial charge is 0.250 e. The van der Waals surface area contributed by atoms with Crippen LogP contribution in [0.5, 0.6) is 0 Å². The molecule has 0 bridgehead atoms. The molecule has 0 radical (unpaired) electrons. The van der Waals surface area contributed by atoms with Gasteiger partial charge in [-0.3, -0.25) is 9.78 Å². The molecule has 0 spiro atoms. The number of primary amides is 1. The summed E-state index contributed by atoms with van der Waals surface area (Å²) in [5, 5.41) is 0. The minimum Gasteiger partial charge on any atom is -0.366 e. The average molecular weight is 256 g/mol. The number of benzene rings is 1. The van der Waals surface area contributed by atoms with E-state index in [0.29, 0.717) is 24.1 Å². The zero-order valence-corrected chi connectivity index (χ0v) is 10.3. The van der Waals surface area contributed by atoms with Crippen LogP contribution in [0.15, 0.2) is 36.5 Å². The molecule has 1 unspecified atom stereocenters. The van der Waals surface area contributed by atoms with Gasteiger partial charge in [0.05, 0.1) is 11.3 Å². The predicted molar refractivity (Wildman–Crippen MR) is 70.5 cm³/mol. The summed E-state index contributed by atoms with van der Waals surface area (Å²) in [4.78, 5) is 15.7. The highest BCUT2D eigenvalue weighted by Gasteiger charge is 2.25. The van der Waals surface area contributed by atoms with Gasteiger partial charge in [0.15, 0.2) is 0 Å². The standard InChI is InChI=1S/C15H13FN2O/c16-10-7-9-3-1-4-11(13(9)8-10)14-12(15(17)19)5-2-6-18-14/h1-6,10H,7-8H2,(H2,17,19). The number of rotatable bonds is 2. The maximum absolute atomic E-state index is 13.6. The van der Waals surface area contributed by atoms with Crippen LogP contribution in [-0.4, -0.2) is 17.1 Å². The average Bonchev–Trinajstić information content (AvgIpc) is 2.78. The van der Waals surface area contributed by atoms with E-state index in [9.17, 15) is 9.18 Å². The van der Waals surface area contributed by atoms with Gasteiger partial charge in [0.1, 0.15) is 6.17 Å². The van der Waals surface area contributed by atoms with Gasteiger partial charge in [-0.25, -0.2) is 4.39 Å². The predicted octanol–water partition coefficient (Wildman–Crippen LogP) is 2.28. The van der Waals surface area contributed by atoms with E-state index in [4.69, 9.17) is 5.73 Å². The third-order valence-corrected chi connectivity index (χ3v) is 3.47. The van der Waals surface area contributed by atoms with Gasteiger partial charge in [-0.05, 0) is 23.3 Å². The van der Waals surface area contributed by atoms with Gasteiger partial charge in [0.25, 0.3) is 5.91 Å². The number of carbonyl (C=O) groups is 1. The van der Waals surface area contributed by atoms with E-state index in [2.05, 4.69) is 4.98 Å². The molecule has 3 nitrogen and oxygen atoms in total. The summed E-state index contributed by atoms with van der Waals surface area (Å²) in [6, 6.07) is 8.97. The molecule has 0 aliphatic heterocycles. The molecule has 1 atom stereocenters. The van der Waals surface area contributed by atoms with Gasteiger partial charge >= 0.3 is 0 Å². The van der Waals surface area contributed by atoms with Crippen molar-refractivity contribution >= 4 is 5.91 Å². The Bertz CT molecular complexity index is 654. The van der Waals surface area contributed by atoms with Crippen LogP contribution < -0.4 is 5.73 Å². The SMILES string of the molecule is NC(=O)c1cccnc1-c1cccc2c1CC(F)C2. The summed E-state index contributed by atoms with van der Waals surface area (Å²) in [5.74, 6) is -0.518. The molecule has 1 aromatic carbocycles. The van der Waals surface area contributed by atoms with Crippen molar-refractivity contribution in [1.29, 1.82) is 0 Å². The lowest BCUT2D eigenvalue weighted by molar-refractivity contribution is 0.100. The van der Waals surface area contributed by atoms with Crippen LogP contribution in [-0.2, 0) is 12.8 Å². The summed E-state index contributed by atoms with van der Waals surface area (Å²) in [6.45, 7) is 0. The molecule has 1 amide bonds. The topological polar surface area (TPSA) is 56.0 Å². The van der Waals surface area contributed by atoms with Crippen LogP contribution in [0, 0.1) is 0 Å². The number of fused-ring (bicyclic) bond motifs is 1. The van der Waals surface area contributed by atoms with Gasteiger partial charge in [0.2, 0.25) is 0 Å². The fourth-order valence-corrected chi connectivity index (χ4v) is 2.64. The van der Waals surface area contributed by atoms with Crippen LogP contribution in [0.2, 0.25) is 0 Å². The molecule has 3 rings (SSSR count). The van der Waals surface area contributed by atoms with Crippen LogP contribution in [0.25, 0.3) is 11.3 Å². The van der Waals surface area contributed by atoms with E-state index in [1.165, 1.54) is 0 Å². The van der Waals surface area contributed by atoms with Crippen molar-refractivity contribution in [2.24, 2.45) is 5.73 Å². The monoisotopic (exact) mass is 256 g/mol. The fourth-order valence-electron chi connectivity index (χ4n) is 2.64. The Hall–Kier alpha value is -2.23. The Balaban J connectivity index is 2.20. The number of hydrogen-bond acceptors (Lipinski definition) is 2. The molecule has 1 aliphatic rings. The molecule has 0 saturated carbocycles. The summed E-state index contributed by atoms with van der Waals surface area (Å²) in [5.41, 5.74) is 9.03. The highest BCUT2D eigenvalue weighted by molar-refractivity contribution is 5.99. The Labute approximate surface area is 110 Å². The highest BCUT2D eigenvalue weighted by atomic mass is 19.1. The van der Waals surface area contributed by atoms with Crippen molar-refractivity contribution in [3.05, 3.63) is 53.2 Å². The van der Waals surface area contributed by atoms with Crippen molar-refractivity contribution in [3.8, 4) is 11.3 Å². The molecule has 19 heavy (non-hydrogen) atoms. The lowest BCUT2D eigenvalue weighted by Gasteiger charge is -2.10. The van der Waals surface area contributed by atoms with E-state index >= 15 is 0 Å². The number of aromatic nitrogens is 1.